The van der Waals surface area contributed by atoms with Crippen LogP contribution in [-0.4, -0.2) is 9.91 Å². The number of nitrogens with one attached hydrogen (secondary N) is 1. The molecule has 1 heterocycles. The van der Waals surface area contributed by atoms with Crippen molar-refractivity contribution in [2.24, 2.45) is 0 Å². The molecule has 0 aliphatic heterocycles. The highest BCUT2D eigenvalue weighted by Crippen LogP contribution is 2.29. The molecule has 1 aromatic heterocycles. The Morgan fingerprint density at radius 2 is 2.07 bits per heavy atom. The summed E-state index contributed by atoms with van der Waals surface area (Å²) < 4.78 is 0. The molecule has 0 radical (unpaired) electrons. The third-order valence-electron chi connectivity index (χ3n) is 3.99. The largest absolute Gasteiger partial charge is 0.355 e. The number of para-hydroxylation sites is 2. The van der Waals surface area contributed by atoms with Crippen LogP contribution < -0.4 is 5.32 Å². The first-order valence-corrected chi connectivity index (χ1v) is 9.01. The van der Waals surface area contributed by atoms with E-state index in [4.69, 9.17) is 0 Å². The number of thiazole rings is 1. The van der Waals surface area contributed by atoms with Gasteiger partial charge in [-0.25, -0.2) is 4.98 Å². The fourth-order valence-corrected chi connectivity index (χ4v) is 3.45. The van der Waals surface area contributed by atoms with Gasteiger partial charge in [0, 0.05) is 23.2 Å². The van der Waals surface area contributed by atoms with Gasteiger partial charge in [-0.2, -0.15) is 5.26 Å². The summed E-state index contributed by atoms with van der Waals surface area (Å²) >= 11 is 1.36. The van der Waals surface area contributed by atoms with Crippen LogP contribution in [0.4, 0.5) is 11.4 Å². The molecule has 0 aliphatic carbocycles. The van der Waals surface area contributed by atoms with Gasteiger partial charge in [0.25, 0.3) is 5.69 Å². The van der Waals surface area contributed by atoms with Crippen LogP contribution in [-0.2, 0) is 0 Å². The van der Waals surface area contributed by atoms with Gasteiger partial charge in [0.05, 0.1) is 10.6 Å². The van der Waals surface area contributed by atoms with Gasteiger partial charge in [0.2, 0.25) is 0 Å². The summed E-state index contributed by atoms with van der Waals surface area (Å²) in [5.41, 5.74) is 4.70. The zero-order valence-electron chi connectivity index (χ0n) is 14.8. The zero-order chi connectivity index (χ0) is 19.4. The number of allylic oxidation sites excluding steroid dienone is 1. The predicted octanol–water partition coefficient (Wildman–Crippen LogP) is 5.31. The highest BCUT2D eigenvalue weighted by atomic mass is 32.1. The van der Waals surface area contributed by atoms with Crippen molar-refractivity contribution >= 4 is 28.3 Å². The molecule has 0 unspecified atom stereocenters. The summed E-state index contributed by atoms with van der Waals surface area (Å²) in [6, 6.07) is 14.5. The van der Waals surface area contributed by atoms with Gasteiger partial charge >= 0.3 is 0 Å². The number of nitrogens with zero attached hydrogens (tertiary/aromatic N) is 3. The number of aryl methyl sites for hydroxylation is 2. The normalized spacial score (nSPS) is 11.1. The quantitative estimate of drug-likeness (QED) is 0.370. The minimum Gasteiger partial charge on any atom is -0.355 e. The molecule has 6 nitrogen and oxygen atoms in total. The van der Waals surface area contributed by atoms with Crippen LogP contribution in [0.1, 0.15) is 16.1 Å². The summed E-state index contributed by atoms with van der Waals surface area (Å²) in [5, 5.41) is 25.9. The standard InChI is InChI=1S/C20H16N4O2S/c1-13-7-8-16(14(2)9-13)18-12-27-20(23-18)15(10-21)11-22-17-5-3-4-6-19(17)24(25)26/h3-9,11-12,22H,1-2H3. The maximum Gasteiger partial charge on any atom is 0.292 e. The number of rotatable bonds is 5. The van der Waals surface area contributed by atoms with E-state index in [1.54, 1.807) is 18.2 Å². The van der Waals surface area contributed by atoms with Gasteiger partial charge in [-0.3, -0.25) is 10.1 Å². The number of hydrogen-bond acceptors (Lipinski definition) is 6. The number of hydrogen-bond donors (Lipinski definition) is 1. The topological polar surface area (TPSA) is 91.8 Å². The molecule has 0 amide bonds. The van der Waals surface area contributed by atoms with Crippen LogP contribution in [0.15, 0.2) is 54.0 Å². The van der Waals surface area contributed by atoms with Crippen LogP contribution in [0.5, 0.6) is 0 Å². The molecule has 0 atom stereocenters. The van der Waals surface area contributed by atoms with Gasteiger partial charge in [0.15, 0.2) is 0 Å². The molecule has 0 spiro atoms. The summed E-state index contributed by atoms with van der Waals surface area (Å²) in [6.07, 6.45) is 1.45. The molecule has 0 saturated heterocycles. The second-order valence-electron chi connectivity index (χ2n) is 5.94. The smallest absolute Gasteiger partial charge is 0.292 e. The average molecular weight is 376 g/mol. The number of nitriles is 1. The molecule has 3 aromatic rings. The molecule has 27 heavy (non-hydrogen) atoms. The lowest BCUT2D eigenvalue weighted by atomic mass is 10.0. The average Bonchev–Trinajstić information content (AvgIpc) is 3.12. The minimum atomic E-state index is -0.468. The van der Waals surface area contributed by atoms with E-state index in [0.717, 1.165) is 16.8 Å². The van der Waals surface area contributed by atoms with Crippen LogP contribution in [0, 0.1) is 35.3 Å². The van der Waals surface area contributed by atoms with Gasteiger partial charge in [0.1, 0.15) is 22.3 Å². The van der Waals surface area contributed by atoms with Gasteiger partial charge < -0.3 is 5.32 Å². The van der Waals surface area contributed by atoms with Crippen molar-refractivity contribution in [2.75, 3.05) is 5.32 Å². The second-order valence-corrected chi connectivity index (χ2v) is 6.80. The Kier molecular flexibility index (Phi) is 5.29. The van der Waals surface area contributed by atoms with Gasteiger partial charge in [-0.15, -0.1) is 11.3 Å². The van der Waals surface area contributed by atoms with Crippen molar-refractivity contribution in [3.05, 3.63) is 80.3 Å². The van der Waals surface area contributed by atoms with E-state index in [1.807, 2.05) is 31.4 Å². The maximum atomic E-state index is 11.1. The third-order valence-corrected chi connectivity index (χ3v) is 4.86. The molecular weight excluding hydrogens is 360 g/mol. The molecule has 7 heteroatoms. The molecule has 134 valence electrons. The number of aromatic nitrogens is 1. The number of anilines is 1. The zero-order valence-corrected chi connectivity index (χ0v) is 15.6. The Labute approximate surface area is 160 Å². The van der Waals surface area contributed by atoms with E-state index < -0.39 is 4.92 Å². The van der Waals surface area contributed by atoms with Crippen LogP contribution in [0.2, 0.25) is 0 Å². The SMILES string of the molecule is Cc1ccc(-c2csc(C(C#N)=CNc3ccccc3[N+](=O)[O-])n2)c(C)c1. The Morgan fingerprint density at radius 1 is 1.30 bits per heavy atom. The van der Waals surface area contributed by atoms with E-state index in [1.165, 1.54) is 29.2 Å². The number of nitro benzene ring substituents is 1. The molecule has 0 fully saturated rings. The number of nitro groups is 1. The lowest BCUT2D eigenvalue weighted by Gasteiger charge is -2.04. The Hall–Kier alpha value is -3.50. The first-order valence-electron chi connectivity index (χ1n) is 8.13. The molecule has 1 N–H and O–H groups in total. The molecule has 0 bridgehead atoms. The van der Waals surface area contributed by atoms with Gasteiger partial charge in [-0.1, -0.05) is 35.9 Å². The Balaban J connectivity index is 1.89. The van der Waals surface area contributed by atoms with Gasteiger partial charge in [-0.05, 0) is 25.5 Å². The van der Waals surface area contributed by atoms with Crippen molar-refractivity contribution in [3.63, 3.8) is 0 Å². The van der Waals surface area contributed by atoms with E-state index in [0.29, 0.717) is 16.3 Å². The van der Waals surface area contributed by atoms with E-state index >= 15 is 0 Å². The summed E-state index contributed by atoms with van der Waals surface area (Å²) in [4.78, 5) is 15.2. The van der Waals surface area contributed by atoms with Crippen molar-refractivity contribution in [2.45, 2.75) is 13.8 Å². The van der Waals surface area contributed by atoms with Crippen molar-refractivity contribution in [1.82, 2.24) is 4.98 Å². The third kappa shape index (κ3) is 4.02. The molecular formula is C20H16N4O2S. The summed E-state index contributed by atoms with van der Waals surface area (Å²) in [5.74, 6) is 0. The van der Waals surface area contributed by atoms with E-state index in [-0.39, 0.29) is 5.69 Å². The molecule has 2 aromatic carbocycles. The fourth-order valence-electron chi connectivity index (χ4n) is 2.67. The molecule has 3 rings (SSSR count). The number of benzene rings is 2. The minimum absolute atomic E-state index is 0.0545. The van der Waals surface area contributed by atoms with Crippen molar-refractivity contribution in [3.8, 4) is 17.3 Å². The summed E-state index contributed by atoms with van der Waals surface area (Å²) in [7, 11) is 0. The first kappa shape index (κ1) is 18.3. The lowest BCUT2D eigenvalue weighted by molar-refractivity contribution is -0.383. The Bertz CT molecular complexity index is 1080. The van der Waals surface area contributed by atoms with Crippen LogP contribution >= 0.6 is 11.3 Å². The summed E-state index contributed by atoms with van der Waals surface area (Å²) in [6.45, 7) is 4.06. The monoisotopic (exact) mass is 376 g/mol. The lowest BCUT2D eigenvalue weighted by Crippen LogP contribution is -1.96. The van der Waals surface area contributed by atoms with Crippen molar-refractivity contribution < 1.29 is 4.92 Å². The van der Waals surface area contributed by atoms with E-state index in [2.05, 4.69) is 22.4 Å². The fraction of sp³-hybridized carbons (Fsp3) is 0.100. The first-order chi connectivity index (χ1) is 13.0. The van der Waals surface area contributed by atoms with Crippen LogP contribution in [0.3, 0.4) is 0 Å². The van der Waals surface area contributed by atoms with Crippen molar-refractivity contribution in [1.29, 1.82) is 5.26 Å². The van der Waals surface area contributed by atoms with E-state index in [9.17, 15) is 15.4 Å². The Morgan fingerprint density at radius 3 is 2.78 bits per heavy atom. The molecule has 0 saturated carbocycles. The highest BCUT2D eigenvalue weighted by molar-refractivity contribution is 7.11. The molecule has 0 aliphatic rings. The highest BCUT2D eigenvalue weighted by Gasteiger charge is 2.13. The van der Waals surface area contributed by atoms with Crippen LogP contribution in [0.25, 0.3) is 16.8 Å². The predicted molar refractivity (Wildman–Crippen MR) is 107 cm³/mol. The second kappa shape index (κ2) is 7.81. The maximum absolute atomic E-state index is 11.1.